The highest BCUT2D eigenvalue weighted by molar-refractivity contribution is 6.33. The van der Waals surface area contributed by atoms with Crippen LogP contribution in [0.25, 0.3) is 0 Å². The minimum absolute atomic E-state index is 0.210. The van der Waals surface area contributed by atoms with Crippen molar-refractivity contribution in [1.29, 1.82) is 0 Å². The molecule has 1 aromatic carbocycles. The van der Waals surface area contributed by atoms with Crippen molar-refractivity contribution in [3.63, 3.8) is 0 Å². The molecule has 0 saturated heterocycles. The summed E-state index contributed by atoms with van der Waals surface area (Å²) in [4.78, 5) is 2.64. The Morgan fingerprint density at radius 1 is 0.875 bits per heavy atom. The van der Waals surface area contributed by atoms with Crippen LogP contribution in [0, 0.1) is 5.82 Å². The summed E-state index contributed by atoms with van der Waals surface area (Å²) in [6.45, 7) is 10.8. The lowest BCUT2D eigenvalue weighted by molar-refractivity contribution is 0.261. The first-order chi connectivity index (χ1) is 11.5. The maximum absolute atomic E-state index is 12.2. The Bertz CT molecular complexity index is 371. The van der Waals surface area contributed by atoms with Crippen molar-refractivity contribution in [3.8, 4) is 5.75 Å². The molecule has 1 aromatic rings. The molecule has 0 aliphatic heterocycles. The Morgan fingerprint density at radius 3 is 1.62 bits per heavy atom. The number of benzene rings is 1. The van der Waals surface area contributed by atoms with Gasteiger partial charge in [-0.2, -0.15) is 0 Å². The van der Waals surface area contributed by atoms with Crippen LogP contribution in [0.2, 0.25) is 0 Å². The van der Waals surface area contributed by atoms with Crippen LogP contribution < -0.4 is 4.65 Å². The third kappa shape index (κ3) is 13.3. The van der Waals surface area contributed by atoms with Gasteiger partial charge in [-0.1, -0.05) is 40.0 Å². The summed E-state index contributed by atoms with van der Waals surface area (Å²) < 4.78 is 16.7. The first-order valence-corrected chi connectivity index (χ1v) is 9.04. The van der Waals surface area contributed by atoms with E-state index in [-0.39, 0.29) is 5.75 Å². The Morgan fingerprint density at radius 2 is 1.29 bits per heavy atom. The van der Waals surface area contributed by atoms with Crippen LogP contribution in [0.4, 0.5) is 4.39 Å². The van der Waals surface area contributed by atoms with E-state index in [2.05, 4.69) is 30.3 Å². The van der Waals surface area contributed by atoms with Crippen molar-refractivity contribution < 1.29 is 19.1 Å². The van der Waals surface area contributed by atoms with Gasteiger partial charge < -0.3 is 19.6 Å². The van der Waals surface area contributed by atoms with Crippen molar-refractivity contribution in [2.24, 2.45) is 0 Å². The van der Waals surface area contributed by atoms with Gasteiger partial charge in [0.25, 0.3) is 0 Å². The first kappa shape index (κ1) is 22.9. The van der Waals surface area contributed by atoms with Crippen molar-refractivity contribution in [1.82, 2.24) is 4.90 Å². The van der Waals surface area contributed by atoms with E-state index in [1.54, 1.807) is 0 Å². The van der Waals surface area contributed by atoms with Crippen molar-refractivity contribution in [2.45, 2.75) is 59.3 Å². The molecular formula is C18H33BFNO3. The summed E-state index contributed by atoms with van der Waals surface area (Å²) in [5.74, 6) is -0.189. The second-order valence-electron chi connectivity index (χ2n) is 5.80. The number of hydrogen-bond donors (Lipinski definition) is 2. The second-order valence-corrected chi connectivity index (χ2v) is 5.80. The predicted octanol–water partition coefficient (Wildman–Crippen LogP) is 3.86. The van der Waals surface area contributed by atoms with Gasteiger partial charge in [0.2, 0.25) is 0 Å². The van der Waals surface area contributed by atoms with Gasteiger partial charge in [-0.3, -0.25) is 0 Å². The molecule has 6 heteroatoms. The molecule has 2 N–H and O–H groups in total. The minimum atomic E-state index is -1.86. The zero-order chi connectivity index (χ0) is 18.2. The van der Waals surface area contributed by atoms with Gasteiger partial charge in [-0.05, 0) is 63.2 Å². The molecule has 0 atom stereocenters. The fourth-order valence-electron chi connectivity index (χ4n) is 2.12. The number of halogens is 1. The smallest absolute Gasteiger partial charge is 0.512 e. The topological polar surface area (TPSA) is 52.9 Å². The van der Waals surface area contributed by atoms with Gasteiger partial charge in [-0.15, -0.1) is 0 Å². The molecule has 0 fully saturated rings. The molecule has 4 nitrogen and oxygen atoms in total. The van der Waals surface area contributed by atoms with Crippen molar-refractivity contribution >= 4 is 7.32 Å². The lowest BCUT2D eigenvalue weighted by atomic mass is 10.2. The van der Waals surface area contributed by atoms with Gasteiger partial charge >= 0.3 is 7.32 Å². The van der Waals surface area contributed by atoms with Gasteiger partial charge in [-0.25, -0.2) is 4.39 Å². The number of unbranched alkanes of at least 4 members (excludes halogenated alkanes) is 3. The van der Waals surface area contributed by atoms with Crippen LogP contribution in [0.5, 0.6) is 5.75 Å². The van der Waals surface area contributed by atoms with E-state index < -0.39 is 13.1 Å². The van der Waals surface area contributed by atoms with Gasteiger partial charge in [0.05, 0.1) is 0 Å². The van der Waals surface area contributed by atoms with Crippen molar-refractivity contribution in [3.05, 3.63) is 30.1 Å². The Balaban J connectivity index is 0.000000446. The molecule has 0 heterocycles. The Hall–Kier alpha value is -1.11. The summed E-state index contributed by atoms with van der Waals surface area (Å²) in [5.41, 5.74) is 0. The van der Waals surface area contributed by atoms with E-state index in [0.29, 0.717) is 0 Å². The predicted molar refractivity (Wildman–Crippen MR) is 98.4 cm³/mol. The zero-order valence-corrected chi connectivity index (χ0v) is 15.4. The summed E-state index contributed by atoms with van der Waals surface area (Å²) in [6, 6.07) is 4.93. The molecule has 24 heavy (non-hydrogen) atoms. The van der Waals surface area contributed by atoms with Crippen LogP contribution >= 0.6 is 0 Å². The lowest BCUT2D eigenvalue weighted by Gasteiger charge is -2.21. The molecule has 138 valence electrons. The number of hydrogen-bond acceptors (Lipinski definition) is 4. The lowest BCUT2D eigenvalue weighted by Crippen LogP contribution is -2.27. The van der Waals surface area contributed by atoms with E-state index in [4.69, 9.17) is 10.0 Å². The fraction of sp³-hybridized carbons (Fsp3) is 0.667. The summed E-state index contributed by atoms with van der Waals surface area (Å²) >= 11 is 0. The van der Waals surface area contributed by atoms with E-state index in [1.807, 2.05) is 0 Å². The molecule has 0 radical (unpaired) electrons. The normalized spacial score (nSPS) is 10.3. The zero-order valence-electron chi connectivity index (χ0n) is 15.4. The molecule has 0 aromatic heterocycles. The third-order valence-electron chi connectivity index (χ3n) is 3.54. The van der Waals surface area contributed by atoms with Crippen LogP contribution in [-0.4, -0.2) is 41.9 Å². The monoisotopic (exact) mass is 341 g/mol. The molecule has 0 aliphatic carbocycles. The standard InChI is InChI=1S/C12H27N.C6H6BFO3/c1-4-7-10-13(11-8-5-2)12-9-6-3;8-5-1-3-6(4-2-5)11-7(9)10/h4-12H2,1-3H3;1-4,9-10H. The average Bonchev–Trinajstić information content (AvgIpc) is 2.56. The molecule has 0 bridgehead atoms. The van der Waals surface area contributed by atoms with E-state index in [0.717, 1.165) is 12.1 Å². The highest BCUT2D eigenvalue weighted by Gasteiger charge is 2.10. The summed E-state index contributed by atoms with van der Waals surface area (Å²) in [7, 11) is -1.86. The maximum Gasteiger partial charge on any atom is 0.707 e. The second kappa shape index (κ2) is 15.4. The SMILES string of the molecule is CCCCN(CCCC)CCCC.OB(O)Oc1ccc(F)cc1. The van der Waals surface area contributed by atoms with E-state index >= 15 is 0 Å². The minimum Gasteiger partial charge on any atom is -0.512 e. The van der Waals surface area contributed by atoms with Crippen LogP contribution in [0.3, 0.4) is 0 Å². The van der Waals surface area contributed by atoms with Gasteiger partial charge in [0.1, 0.15) is 11.6 Å². The van der Waals surface area contributed by atoms with Gasteiger partial charge in [0.15, 0.2) is 0 Å². The Kier molecular flexibility index (Phi) is 14.7. The number of rotatable bonds is 11. The highest BCUT2D eigenvalue weighted by Crippen LogP contribution is 2.10. The van der Waals surface area contributed by atoms with Crippen LogP contribution in [-0.2, 0) is 0 Å². The Labute approximate surface area is 146 Å². The molecular weight excluding hydrogens is 308 g/mol. The van der Waals surface area contributed by atoms with E-state index in [9.17, 15) is 4.39 Å². The molecule has 0 unspecified atom stereocenters. The molecule has 1 rings (SSSR count). The first-order valence-electron chi connectivity index (χ1n) is 9.04. The quantitative estimate of drug-likeness (QED) is 0.600. The molecule has 0 aliphatic rings. The van der Waals surface area contributed by atoms with E-state index in [1.165, 1.54) is 70.3 Å². The molecule has 0 spiro atoms. The van der Waals surface area contributed by atoms with Crippen molar-refractivity contribution in [2.75, 3.05) is 19.6 Å². The number of nitrogens with zero attached hydrogens (tertiary/aromatic N) is 1. The molecule has 0 amide bonds. The maximum atomic E-state index is 12.2. The van der Waals surface area contributed by atoms with Gasteiger partial charge in [0, 0.05) is 0 Å². The summed E-state index contributed by atoms with van der Waals surface area (Å²) in [6.07, 6.45) is 8.09. The fourth-order valence-corrected chi connectivity index (χ4v) is 2.12. The van der Waals surface area contributed by atoms with Crippen LogP contribution in [0.15, 0.2) is 24.3 Å². The highest BCUT2D eigenvalue weighted by atomic mass is 19.1. The summed E-state index contributed by atoms with van der Waals surface area (Å²) in [5, 5.41) is 16.6. The van der Waals surface area contributed by atoms with Crippen LogP contribution in [0.1, 0.15) is 59.3 Å². The average molecular weight is 341 g/mol. The third-order valence-corrected chi connectivity index (χ3v) is 3.54. The molecule has 0 saturated carbocycles. The largest absolute Gasteiger partial charge is 0.707 e.